The molecule has 25 heavy (non-hydrogen) atoms. The number of aromatic nitrogens is 5. The smallest absolute Gasteiger partial charge is 0.229 e. The normalized spacial score (nSPS) is 11.7. The Kier molecular flexibility index (Phi) is 3.50. The molecule has 8 nitrogen and oxygen atoms in total. The Morgan fingerprint density at radius 1 is 1.00 bits per heavy atom. The molecule has 2 aromatic heterocycles. The zero-order valence-corrected chi connectivity index (χ0v) is 14.0. The zero-order valence-electron chi connectivity index (χ0n) is 13.2. The van der Waals surface area contributed by atoms with Gasteiger partial charge in [0, 0.05) is 22.2 Å². The van der Waals surface area contributed by atoms with Gasteiger partial charge in [-0.1, -0.05) is 12.1 Å². The van der Waals surface area contributed by atoms with Gasteiger partial charge in [0.1, 0.15) is 6.33 Å². The second-order valence-electron chi connectivity index (χ2n) is 5.61. The summed E-state index contributed by atoms with van der Waals surface area (Å²) in [6.07, 6.45) is 2.65. The van der Waals surface area contributed by atoms with Crippen LogP contribution in [0.3, 0.4) is 0 Å². The highest BCUT2D eigenvalue weighted by Crippen LogP contribution is 2.30. The maximum Gasteiger partial charge on any atom is 0.229 e. The van der Waals surface area contributed by atoms with E-state index in [1.165, 1.54) is 6.33 Å². The molecule has 0 aliphatic carbocycles. The number of nitrogens with zero attached hydrogens (tertiary/aromatic N) is 3. The number of anilines is 1. The first kappa shape index (κ1) is 15.3. The Hall–Kier alpha value is -3.20. The topological polar surface area (TPSA) is 116 Å². The Bertz CT molecular complexity index is 1130. The van der Waals surface area contributed by atoms with Gasteiger partial charge in [0.2, 0.25) is 10.0 Å². The van der Waals surface area contributed by atoms with Crippen LogP contribution in [0.15, 0.2) is 48.8 Å². The quantitative estimate of drug-likeness (QED) is 0.520. The molecule has 0 spiro atoms. The number of nitrogens with one attached hydrogen (secondary N) is 3. The molecular weight excluding hydrogens is 340 g/mol. The van der Waals surface area contributed by atoms with Crippen molar-refractivity contribution in [1.82, 2.24) is 25.4 Å². The SMILES string of the molecule is CS(=O)(=O)Nc1ccc(-c2n[nH]c3ccc(-c4nc[nH]n4)cc23)cc1. The molecule has 0 amide bonds. The lowest BCUT2D eigenvalue weighted by Gasteiger charge is -2.05. The Balaban J connectivity index is 1.75. The molecule has 9 heteroatoms. The molecule has 2 aromatic carbocycles. The van der Waals surface area contributed by atoms with Gasteiger partial charge in [-0.05, 0) is 30.3 Å². The summed E-state index contributed by atoms with van der Waals surface area (Å²) in [7, 11) is -3.30. The van der Waals surface area contributed by atoms with Crippen LogP contribution in [0.25, 0.3) is 33.5 Å². The zero-order chi connectivity index (χ0) is 17.4. The van der Waals surface area contributed by atoms with E-state index in [-0.39, 0.29) is 0 Å². The van der Waals surface area contributed by atoms with Gasteiger partial charge in [0.25, 0.3) is 0 Å². The van der Waals surface area contributed by atoms with Crippen molar-refractivity contribution in [2.45, 2.75) is 0 Å². The first-order valence-electron chi connectivity index (χ1n) is 7.42. The molecule has 0 saturated carbocycles. The highest BCUT2D eigenvalue weighted by atomic mass is 32.2. The maximum atomic E-state index is 11.3. The lowest BCUT2D eigenvalue weighted by atomic mass is 10.1. The van der Waals surface area contributed by atoms with Gasteiger partial charge < -0.3 is 0 Å². The number of sulfonamides is 1. The summed E-state index contributed by atoms with van der Waals surface area (Å²) in [4.78, 5) is 4.16. The molecule has 3 N–H and O–H groups in total. The number of aromatic amines is 2. The molecule has 0 bridgehead atoms. The predicted molar refractivity (Wildman–Crippen MR) is 95.4 cm³/mol. The number of H-pyrrole nitrogens is 2. The number of rotatable bonds is 4. The summed E-state index contributed by atoms with van der Waals surface area (Å²) < 4.78 is 25.0. The summed E-state index contributed by atoms with van der Waals surface area (Å²) in [5.41, 5.74) is 3.93. The molecule has 0 aliphatic rings. The molecule has 0 aliphatic heterocycles. The van der Waals surface area contributed by atoms with E-state index < -0.39 is 10.0 Å². The van der Waals surface area contributed by atoms with Crippen LogP contribution in [0.4, 0.5) is 5.69 Å². The molecule has 0 atom stereocenters. The second-order valence-corrected chi connectivity index (χ2v) is 7.36. The van der Waals surface area contributed by atoms with E-state index in [0.717, 1.165) is 34.0 Å². The highest BCUT2D eigenvalue weighted by Gasteiger charge is 2.11. The van der Waals surface area contributed by atoms with Crippen molar-refractivity contribution in [2.75, 3.05) is 11.0 Å². The largest absolute Gasteiger partial charge is 0.284 e. The van der Waals surface area contributed by atoms with Crippen molar-refractivity contribution in [1.29, 1.82) is 0 Å². The van der Waals surface area contributed by atoms with Crippen molar-refractivity contribution >= 4 is 26.6 Å². The fourth-order valence-corrected chi connectivity index (χ4v) is 3.20. The number of hydrogen-bond acceptors (Lipinski definition) is 5. The van der Waals surface area contributed by atoms with E-state index in [2.05, 4.69) is 30.1 Å². The van der Waals surface area contributed by atoms with Gasteiger partial charge in [-0.15, -0.1) is 0 Å². The summed E-state index contributed by atoms with van der Waals surface area (Å²) in [5, 5.41) is 15.1. The van der Waals surface area contributed by atoms with Gasteiger partial charge in [-0.25, -0.2) is 13.4 Å². The molecule has 0 saturated heterocycles. The van der Waals surface area contributed by atoms with Crippen LogP contribution in [0.5, 0.6) is 0 Å². The lowest BCUT2D eigenvalue weighted by molar-refractivity contribution is 0.607. The van der Waals surface area contributed by atoms with E-state index in [1.807, 2.05) is 30.3 Å². The number of benzene rings is 2. The average Bonchev–Trinajstić information content (AvgIpc) is 3.23. The van der Waals surface area contributed by atoms with E-state index in [9.17, 15) is 8.42 Å². The van der Waals surface area contributed by atoms with Crippen LogP contribution in [0.2, 0.25) is 0 Å². The van der Waals surface area contributed by atoms with Crippen LogP contribution >= 0.6 is 0 Å². The first-order valence-corrected chi connectivity index (χ1v) is 9.31. The summed E-state index contributed by atoms with van der Waals surface area (Å²) >= 11 is 0. The van der Waals surface area contributed by atoms with Crippen molar-refractivity contribution in [3.63, 3.8) is 0 Å². The van der Waals surface area contributed by atoms with Gasteiger partial charge in [0.05, 0.1) is 17.5 Å². The van der Waals surface area contributed by atoms with E-state index in [1.54, 1.807) is 12.1 Å². The van der Waals surface area contributed by atoms with Gasteiger partial charge in [-0.3, -0.25) is 14.9 Å². The molecule has 0 unspecified atom stereocenters. The van der Waals surface area contributed by atoms with Crippen LogP contribution < -0.4 is 4.72 Å². The molecule has 0 fully saturated rings. The van der Waals surface area contributed by atoms with Crippen LogP contribution in [-0.4, -0.2) is 40.1 Å². The summed E-state index contributed by atoms with van der Waals surface area (Å²) in [6.45, 7) is 0. The maximum absolute atomic E-state index is 11.3. The van der Waals surface area contributed by atoms with Crippen molar-refractivity contribution < 1.29 is 8.42 Å². The van der Waals surface area contributed by atoms with E-state index >= 15 is 0 Å². The third kappa shape index (κ3) is 3.09. The van der Waals surface area contributed by atoms with Gasteiger partial charge in [0.15, 0.2) is 5.82 Å². The van der Waals surface area contributed by atoms with Crippen LogP contribution in [0, 0.1) is 0 Å². The van der Waals surface area contributed by atoms with Gasteiger partial charge >= 0.3 is 0 Å². The average molecular weight is 354 g/mol. The molecule has 2 heterocycles. The molecular formula is C16H14N6O2S. The lowest BCUT2D eigenvalue weighted by Crippen LogP contribution is -2.09. The summed E-state index contributed by atoms with van der Waals surface area (Å²) in [5.74, 6) is 0.613. The molecule has 126 valence electrons. The highest BCUT2D eigenvalue weighted by molar-refractivity contribution is 7.92. The van der Waals surface area contributed by atoms with Crippen molar-refractivity contribution in [3.8, 4) is 22.6 Å². The van der Waals surface area contributed by atoms with Crippen LogP contribution in [-0.2, 0) is 10.0 Å². The van der Waals surface area contributed by atoms with E-state index in [4.69, 9.17) is 0 Å². The van der Waals surface area contributed by atoms with Crippen LogP contribution in [0.1, 0.15) is 0 Å². The Morgan fingerprint density at radius 2 is 1.76 bits per heavy atom. The number of fused-ring (bicyclic) bond motifs is 1. The summed E-state index contributed by atoms with van der Waals surface area (Å²) in [6, 6.07) is 12.9. The fourth-order valence-electron chi connectivity index (χ4n) is 2.63. The number of hydrogen-bond donors (Lipinski definition) is 3. The molecule has 4 aromatic rings. The first-order chi connectivity index (χ1) is 12.0. The minimum Gasteiger partial charge on any atom is -0.284 e. The molecule has 4 rings (SSSR count). The monoisotopic (exact) mass is 354 g/mol. The van der Waals surface area contributed by atoms with Crippen molar-refractivity contribution in [3.05, 3.63) is 48.8 Å². The Labute approximate surface area is 143 Å². The van der Waals surface area contributed by atoms with Gasteiger partial charge in [-0.2, -0.15) is 10.2 Å². The van der Waals surface area contributed by atoms with E-state index in [0.29, 0.717) is 11.5 Å². The minimum absolute atomic E-state index is 0.507. The second kappa shape index (κ2) is 5.71. The third-order valence-electron chi connectivity index (χ3n) is 3.70. The predicted octanol–water partition coefficient (Wildman–Crippen LogP) is 2.39. The standard InChI is InChI=1S/C16H14N6O2S/c1-25(23,24)22-12-5-2-10(3-6-12)15-13-8-11(16-17-9-18-21-16)4-7-14(13)19-20-15/h2-9,22H,1H3,(H,19,20)(H,17,18,21). The minimum atomic E-state index is -3.30. The fraction of sp³-hybridized carbons (Fsp3) is 0.0625. The molecule has 0 radical (unpaired) electrons. The van der Waals surface area contributed by atoms with Crippen molar-refractivity contribution in [2.24, 2.45) is 0 Å². The Morgan fingerprint density at radius 3 is 2.44 bits per heavy atom. The third-order valence-corrected chi connectivity index (χ3v) is 4.30.